The topological polar surface area (TPSA) is 47.9 Å². The van der Waals surface area contributed by atoms with Crippen LogP contribution in [0.3, 0.4) is 0 Å². The van der Waals surface area contributed by atoms with E-state index in [1.165, 1.54) is 0 Å². The Labute approximate surface area is 150 Å². The molecule has 0 aliphatic carbocycles. The Morgan fingerprint density at radius 1 is 0.880 bits per heavy atom. The van der Waals surface area contributed by atoms with Crippen LogP contribution >= 0.6 is 0 Å². The van der Waals surface area contributed by atoms with E-state index in [-0.39, 0.29) is 0 Å². The molecule has 2 aromatic rings. The third-order valence-electron chi connectivity index (χ3n) is 3.88. The smallest absolute Gasteiger partial charge is 0.161 e. The summed E-state index contributed by atoms with van der Waals surface area (Å²) in [5.74, 6) is 1.33. The van der Waals surface area contributed by atoms with Crippen LogP contribution in [0.2, 0.25) is 0 Å². The van der Waals surface area contributed by atoms with Crippen LogP contribution < -0.4 is 9.47 Å². The molecular formula is C21H28O4. The third kappa shape index (κ3) is 5.48. The lowest BCUT2D eigenvalue weighted by molar-refractivity contribution is 0.121. The molecule has 0 aromatic heterocycles. The highest BCUT2D eigenvalue weighted by Crippen LogP contribution is 2.32. The van der Waals surface area contributed by atoms with E-state index in [9.17, 15) is 5.11 Å². The first-order valence-electron chi connectivity index (χ1n) is 8.85. The van der Waals surface area contributed by atoms with Crippen LogP contribution in [-0.2, 0) is 11.3 Å². The SMILES string of the molecule is CCCOCc1ccc(C(O)c2ccc(OC)c(OCCC)c2)cc1. The molecule has 0 heterocycles. The van der Waals surface area contributed by atoms with Crippen molar-refractivity contribution in [2.45, 2.75) is 39.4 Å². The molecular weight excluding hydrogens is 316 g/mol. The van der Waals surface area contributed by atoms with Crippen molar-refractivity contribution in [3.05, 3.63) is 59.2 Å². The molecule has 0 aliphatic heterocycles. The van der Waals surface area contributed by atoms with E-state index < -0.39 is 6.10 Å². The Balaban J connectivity index is 2.12. The molecule has 0 saturated heterocycles. The maximum absolute atomic E-state index is 10.7. The van der Waals surface area contributed by atoms with Crippen molar-refractivity contribution >= 4 is 0 Å². The van der Waals surface area contributed by atoms with Crippen LogP contribution in [0.15, 0.2) is 42.5 Å². The Hall–Kier alpha value is -2.04. The Morgan fingerprint density at radius 2 is 1.56 bits per heavy atom. The van der Waals surface area contributed by atoms with Crippen LogP contribution in [0, 0.1) is 0 Å². The third-order valence-corrected chi connectivity index (χ3v) is 3.88. The van der Waals surface area contributed by atoms with Crippen molar-refractivity contribution in [2.75, 3.05) is 20.3 Å². The molecule has 25 heavy (non-hydrogen) atoms. The summed E-state index contributed by atoms with van der Waals surface area (Å²) in [6, 6.07) is 13.4. The van der Waals surface area contributed by atoms with Crippen molar-refractivity contribution in [3.63, 3.8) is 0 Å². The van der Waals surface area contributed by atoms with Gasteiger partial charge in [0.15, 0.2) is 11.5 Å². The lowest BCUT2D eigenvalue weighted by atomic mass is 10.00. The summed E-state index contributed by atoms with van der Waals surface area (Å²) in [7, 11) is 1.61. The molecule has 0 saturated carbocycles. The van der Waals surface area contributed by atoms with Crippen LogP contribution in [0.4, 0.5) is 0 Å². The maximum atomic E-state index is 10.7. The lowest BCUT2D eigenvalue weighted by Gasteiger charge is -2.16. The van der Waals surface area contributed by atoms with Gasteiger partial charge in [0.25, 0.3) is 0 Å². The summed E-state index contributed by atoms with van der Waals surface area (Å²) in [5.41, 5.74) is 2.72. The molecule has 1 unspecified atom stereocenters. The lowest BCUT2D eigenvalue weighted by Crippen LogP contribution is -2.03. The molecule has 1 N–H and O–H groups in total. The number of aliphatic hydroxyl groups excluding tert-OH is 1. The summed E-state index contributed by atoms with van der Waals surface area (Å²) in [6.07, 6.45) is 1.22. The second-order valence-electron chi connectivity index (χ2n) is 5.96. The first kappa shape index (κ1) is 19.3. The fourth-order valence-corrected chi connectivity index (χ4v) is 2.51. The molecule has 4 heteroatoms. The van der Waals surface area contributed by atoms with Gasteiger partial charge in [0.1, 0.15) is 6.10 Å². The molecule has 0 spiro atoms. The molecule has 0 amide bonds. The monoisotopic (exact) mass is 344 g/mol. The van der Waals surface area contributed by atoms with Gasteiger partial charge in [0.05, 0.1) is 20.3 Å². The minimum absolute atomic E-state index is 0.599. The van der Waals surface area contributed by atoms with E-state index in [1.54, 1.807) is 7.11 Å². The van der Waals surface area contributed by atoms with Gasteiger partial charge in [-0.05, 0) is 41.7 Å². The van der Waals surface area contributed by atoms with Crippen LogP contribution in [0.5, 0.6) is 11.5 Å². The fourth-order valence-electron chi connectivity index (χ4n) is 2.51. The number of aliphatic hydroxyl groups is 1. The first-order valence-corrected chi connectivity index (χ1v) is 8.85. The van der Waals surface area contributed by atoms with E-state index in [0.29, 0.717) is 24.7 Å². The van der Waals surface area contributed by atoms with E-state index in [0.717, 1.165) is 36.1 Å². The minimum Gasteiger partial charge on any atom is -0.493 e. The average Bonchev–Trinajstić information content (AvgIpc) is 2.66. The van der Waals surface area contributed by atoms with Crippen molar-refractivity contribution in [1.29, 1.82) is 0 Å². The highest BCUT2D eigenvalue weighted by molar-refractivity contribution is 5.45. The molecule has 0 radical (unpaired) electrons. The predicted molar refractivity (Wildman–Crippen MR) is 99.2 cm³/mol. The number of hydrogen-bond acceptors (Lipinski definition) is 4. The van der Waals surface area contributed by atoms with Crippen LogP contribution in [0.1, 0.15) is 49.5 Å². The zero-order chi connectivity index (χ0) is 18.1. The van der Waals surface area contributed by atoms with Crippen LogP contribution in [0.25, 0.3) is 0 Å². The highest BCUT2D eigenvalue weighted by Gasteiger charge is 2.14. The standard InChI is InChI=1S/C21H28O4/c1-4-12-24-15-16-6-8-17(9-7-16)21(22)18-10-11-19(23-3)20(14-18)25-13-5-2/h6-11,14,21-22H,4-5,12-13,15H2,1-3H3. The molecule has 1 atom stereocenters. The van der Waals surface area contributed by atoms with Gasteiger partial charge >= 0.3 is 0 Å². The van der Waals surface area contributed by atoms with Crippen molar-refractivity contribution < 1.29 is 19.3 Å². The van der Waals surface area contributed by atoms with Gasteiger partial charge in [0.2, 0.25) is 0 Å². The molecule has 0 fully saturated rings. The Morgan fingerprint density at radius 3 is 2.20 bits per heavy atom. The van der Waals surface area contributed by atoms with E-state index >= 15 is 0 Å². The van der Waals surface area contributed by atoms with Gasteiger partial charge < -0.3 is 19.3 Å². The zero-order valence-corrected chi connectivity index (χ0v) is 15.3. The molecule has 136 valence electrons. The quantitative estimate of drug-likeness (QED) is 0.645. The number of hydrogen-bond donors (Lipinski definition) is 1. The molecule has 2 rings (SSSR count). The molecule has 0 bridgehead atoms. The molecule has 0 aliphatic rings. The van der Waals surface area contributed by atoms with E-state index in [1.807, 2.05) is 42.5 Å². The summed E-state index contributed by atoms with van der Waals surface area (Å²) in [6.45, 7) is 6.12. The highest BCUT2D eigenvalue weighted by atomic mass is 16.5. The number of rotatable bonds is 10. The van der Waals surface area contributed by atoms with E-state index in [4.69, 9.17) is 14.2 Å². The van der Waals surface area contributed by atoms with Gasteiger partial charge in [-0.3, -0.25) is 0 Å². The number of methoxy groups -OCH3 is 1. The predicted octanol–water partition coefficient (Wildman–Crippen LogP) is 4.49. The van der Waals surface area contributed by atoms with Crippen molar-refractivity contribution in [1.82, 2.24) is 0 Å². The molecule has 2 aromatic carbocycles. The molecule has 4 nitrogen and oxygen atoms in total. The summed E-state index contributed by atoms with van der Waals surface area (Å²) in [4.78, 5) is 0. The largest absolute Gasteiger partial charge is 0.493 e. The van der Waals surface area contributed by atoms with Gasteiger partial charge in [-0.15, -0.1) is 0 Å². The second kappa shape index (κ2) is 10.1. The fraction of sp³-hybridized carbons (Fsp3) is 0.429. The van der Waals surface area contributed by atoms with Gasteiger partial charge in [-0.1, -0.05) is 44.2 Å². The van der Waals surface area contributed by atoms with E-state index in [2.05, 4.69) is 13.8 Å². The van der Waals surface area contributed by atoms with Gasteiger partial charge in [-0.25, -0.2) is 0 Å². The summed E-state index contributed by atoms with van der Waals surface area (Å²) >= 11 is 0. The first-order chi connectivity index (χ1) is 12.2. The number of ether oxygens (including phenoxy) is 3. The maximum Gasteiger partial charge on any atom is 0.161 e. The Kier molecular flexibility index (Phi) is 7.76. The second-order valence-corrected chi connectivity index (χ2v) is 5.96. The Bertz CT molecular complexity index is 637. The van der Waals surface area contributed by atoms with Gasteiger partial charge in [0, 0.05) is 6.61 Å². The van der Waals surface area contributed by atoms with Crippen LogP contribution in [-0.4, -0.2) is 25.4 Å². The summed E-state index contributed by atoms with van der Waals surface area (Å²) < 4.78 is 16.6. The van der Waals surface area contributed by atoms with Gasteiger partial charge in [-0.2, -0.15) is 0 Å². The summed E-state index contributed by atoms with van der Waals surface area (Å²) in [5, 5.41) is 10.7. The normalized spacial score (nSPS) is 12.0. The van der Waals surface area contributed by atoms with Crippen molar-refractivity contribution in [3.8, 4) is 11.5 Å². The number of benzene rings is 2. The minimum atomic E-state index is -0.708. The van der Waals surface area contributed by atoms with Crippen molar-refractivity contribution in [2.24, 2.45) is 0 Å². The average molecular weight is 344 g/mol. The zero-order valence-electron chi connectivity index (χ0n) is 15.3.